The van der Waals surface area contributed by atoms with Gasteiger partial charge in [-0.15, -0.1) is 0 Å². The molecule has 284 valence electrons. The Morgan fingerprint density at radius 2 is 0.717 bits per heavy atom. The van der Waals surface area contributed by atoms with Gasteiger partial charge in [-0.05, 0) is 130 Å². The van der Waals surface area contributed by atoms with Crippen molar-refractivity contribution in [2.75, 3.05) is 4.90 Å². The van der Waals surface area contributed by atoms with Crippen LogP contribution in [-0.4, -0.2) is 4.40 Å². The second-order valence-electron chi connectivity index (χ2n) is 15.8. The minimum Gasteiger partial charge on any atom is -0.311 e. The zero-order chi connectivity index (χ0) is 40.2. The van der Waals surface area contributed by atoms with Crippen LogP contribution in [0.15, 0.2) is 218 Å². The molecule has 60 heavy (non-hydrogen) atoms. The maximum Gasteiger partial charge on any atom is 0.0620 e. The van der Waals surface area contributed by atoms with E-state index in [1.54, 1.807) is 0 Å². The highest BCUT2D eigenvalue weighted by Gasteiger charge is 2.19. The topological polar surface area (TPSA) is 7.65 Å². The van der Waals surface area contributed by atoms with Crippen molar-refractivity contribution in [3.63, 3.8) is 0 Å². The molecule has 0 saturated carbocycles. The van der Waals surface area contributed by atoms with Crippen LogP contribution in [0.2, 0.25) is 0 Å². The van der Waals surface area contributed by atoms with Gasteiger partial charge >= 0.3 is 0 Å². The van der Waals surface area contributed by atoms with E-state index in [-0.39, 0.29) is 0 Å². The molecule has 11 rings (SSSR count). The Morgan fingerprint density at radius 1 is 0.367 bits per heavy atom. The molecule has 0 aliphatic carbocycles. The van der Waals surface area contributed by atoms with E-state index in [0.717, 1.165) is 17.1 Å². The van der Waals surface area contributed by atoms with Crippen molar-refractivity contribution >= 4 is 60.7 Å². The minimum absolute atomic E-state index is 1.11. The van der Waals surface area contributed by atoms with Crippen molar-refractivity contribution in [1.82, 2.24) is 4.40 Å². The van der Waals surface area contributed by atoms with Crippen molar-refractivity contribution in [3.05, 3.63) is 224 Å². The van der Waals surface area contributed by atoms with E-state index in [2.05, 4.69) is 242 Å². The Labute approximate surface area is 350 Å². The average molecular weight is 767 g/mol. The summed E-state index contributed by atoms with van der Waals surface area (Å²) in [7, 11) is 0. The normalized spacial score (nSPS) is 11.9. The van der Waals surface area contributed by atoms with Gasteiger partial charge in [-0.1, -0.05) is 158 Å². The molecule has 11 aromatic rings. The highest BCUT2D eigenvalue weighted by atomic mass is 15.1. The molecule has 2 aromatic heterocycles. The molecule has 2 heteroatoms. The monoisotopic (exact) mass is 766 g/mol. The molecule has 0 fully saturated rings. The molecule has 0 saturated heterocycles. The molecular formula is C58H42N2. The number of allylic oxidation sites excluding steroid dienone is 2. The number of benzene rings is 9. The summed E-state index contributed by atoms with van der Waals surface area (Å²) in [5, 5.41) is 5.21. The lowest BCUT2D eigenvalue weighted by Crippen LogP contribution is -2.09. The van der Waals surface area contributed by atoms with E-state index in [0.29, 0.717) is 0 Å². The van der Waals surface area contributed by atoms with Crippen LogP contribution in [0.5, 0.6) is 0 Å². The van der Waals surface area contributed by atoms with Crippen molar-refractivity contribution < 1.29 is 0 Å². The van der Waals surface area contributed by atoms with Crippen LogP contribution in [0.4, 0.5) is 17.1 Å². The fraction of sp³-hybridized carbons (Fsp3) is 0.0345. The first-order chi connectivity index (χ1) is 29.6. The Hall–Kier alpha value is -7.68. The van der Waals surface area contributed by atoms with E-state index in [9.17, 15) is 0 Å². The fourth-order valence-electron chi connectivity index (χ4n) is 9.05. The van der Waals surface area contributed by atoms with Gasteiger partial charge in [-0.25, -0.2) is 0 Å². The Bertz CT molecular complexity index is 3230. The molecule has 2 heterocycles. The molecule has 0 unspecified atom stereocenters. The van der Waals surface area contributed by atoms with Gasteiger partial charge in [-0.3, -0.25) is 0 Å². The van der Waals surface area contributed by atoms with Crippen LogP contribution in [0.3, 0.4) is 0 Å². The van der Waals surface area contributed by atoms with Gasteiger partial charge in [0.05, 0.1) is 16.6 Å². The highest BCUT2D eigenvalue weighted by Crippen LogP contribution is 2.42. The lowest BCUT2D eigenvalue weighted by molar-refractivity contribution is 1.28. The van der Waals surface area contributed by atoms with Crippen LogP contribution < -0.4 is 4.90 Å². The smallest absolute Gasteiger partial charge is 0.0620 e. The summed E-state index contributed by atoms with van der Waals surface area (Å²) in [6.07, 6.45) is 2.16. The third kappa shape index (κ3) is 6.04. The first kappa shape index (κ1) is 35.5. The Morgan fingerprint density at radius 3 is 1.15 bits per heavy atom. The predicted octanol–water partition coefficient (Wildman–Crippen LogP) is 16.4. The van der Waals surface area contributed by atoms with Gasteiger partial charge < -0.3 is 9.30 Å². The fourth-order valence-corrected chi connectivity index (χ4v) is 9.05. The van der Waals surface area contributed by atoms with Crippen LogP contribution in [0.1, 0.15) is 19.4 Å². The second-order valence-corrected chi connectivity index (χ2v) is 15.8. The first-order valence-electron chi connectivity index (χ1n) is 20.8. The number of rotatable bonds is 8. The number of anilines is 3. The van der Waals surface area contributed by atoms with Gasteiger partial charge in [0.15, 0.2) is 0 Å². The SMILES string of the molecule is C/C=C(\C)c1ccc(N(c2ccc(-c3ccccc3)cc2)c2ccc(-c3ccc(-c4ccc(-c5cc6c7ccccc7n7c8ccccc8c(c5)c67)cc4)cc3)cc2)cc1. The number of fused-ring (bicyclic) bond motifs is 6. The number of para-hydroxylation sites is 2. The zero-order valence-corrected chi connectivity index (χ0v) is 33.7. The molecule has 0 aliphatic heterocycles. The quantitative estimate of drug-likeness (QED) is 0.149. The van der Waals surface area contributed by atoms with Crippen LogP contribution in [0.25, 0.3) is 88.2 Å². The molecule has 2 nitrogen and oxygen atoms in total. The van der Waals surface area contributed by atoms with E-state index < -0.39 is 0 Å². The van der Waals surface area contributed by atoms with E-state index in [1.165, 1.54) is 93.7 Å². The Balaban J connectivity index is 0.873. The average Bonchev–Trinajstić information content (AvgIpc) is 3.84. The predicted molar refractivity (Wildman–Crippen MR) is 257 cm³/mol. The van der Waals surface area contributed by atoms with Crippen LogP contribution in [0, 0.1) is 0 Å². The second kappa shape index (κ2) is 14.6. The van der Waals surface area contributed by atoms with Gasteiger partial charge in [-0.2, -0.15) is 0 Å². The van der Waals surface area contributed by atoms with Gasteiger partial charge in [0.1, 0.15) is 0 Å². The standard InChI is InChI=1S/C58H42N2/c1-3-39(2)40-25-31-49(32-26-40)59(50-33-27-45(28-34-50)41-11-5-4-6-12-41)51-35-29-46(30-36-51)44-19-17-42(18-20-44)43-21-23-47(24-22-43)48-37-54-52-13-7-9-15-56(52)60-57-16-10-8-14-53(57)55(38-48)58(54)60/h3-38H,1-2H3/b39-3+. The maximum absolute atomic E-state index is 2.44. The maximum atomic E-state index is 2.44. The molecular weight excluding hydrogens is 725 g/mol. The summed E-state index contributed by atoms with van der Waals surface area (Å²) in [4.78, 5) is 2.34. The van der Waals surface area contributed by atoms with Crippen molar-refractivity contribution in [3.8, 4) is 44.5 Å². The Kier molecular flexibility index (Phi) is 8.64. The van der Waals surface area contributed by atoms with Gasteiger partial charge in [0.2, 0.25) is 0 Å². The van der Waals surface area contributed by atoms with E-state index in [1.807, 2.05) is 0 Å². The lowest BCUT2D eigenvalue weighted by atomic mass is 9.96. The molecule has 0 spiro atoms. The number of hydrogen-bond donors (Lipinski definition) is 0. The van der Waals surface area contributed by atoms with E-state index in [4.69, 9.17) is 0 Å². The van der Waals surface area contributed by atoms with Crippen LogP contribution >= 0.6 is 0 Å². The summed E-state index contributed by atoms with van der Waals surface area (Å²) in [6, 6.07) is 77.6. The zero-order valence-electron chi connectivity index (χ0n) is 33.7. The first-order valence-corrected chi connectivity index (χ1v) is 20.8. The number of aromatic nitrogens is 1. The highest BCUT2D eigenvalue weighted by molar-refractivity contribution is 6.24. The van der Waals surface area contributed by atoms with Gasteiger partial charge in [0.25, 0.3) is 0 Å². The van der Waals surface area contributed by atoms with Crippen molar-refractivity contribution in [1.29, 1.82) is 0 Å². The molecule has 9 aromatic carbocycles. The summed E-state index contributed by atoms with van der Waals surface area (Å²) in [6.45, 7) is 4.25. The van der Waals surface area contributed by atoms with Crippen LogP contribution in [-0.2, 0) is 0 Å². The van der Waals surface area contributed by atoms with Crippen molar-refractivity contribution in [2.24, 2.45) is 0 Å². The third-order valence-corrected chi connectivity index (χ3v) is 12.3. The van der Waals surface area contributed by atoms with E-state index >= 15 is 0 Å². The molecule has 0 aliphatic rings. The number of hydrogen-bond acceptors (Lipinski definition) is 1. The molecule has 0 bridgehead atoms. The third-order valence-electron chi connectivity index (χ3n) is 12.3. The molecule has 0 amide bonds. The summed E-state index contributed by atoms with van der Waals surface area (Å²) in [5.41, 5.74) is 19.4. The minimum atomic E-state index is 1.11. The molecule has 0 atom stereocenters. The molecule has 0 radical (unpaired) electrons. The lowest BCUT2D eigenvalue weighted by Gasteiger charge is -2.26. The summed E-state index contributed by atoms with van der Waals surface area (Å²) >= 11 is 0. The van der Waals surface area contributed by atoms with Crippen molar-refractivity contribution in [2.45, 2.75) is 13.8 Å². The molecule has 0 N–H and O–H groups in total. The summed E-state index contributed by atoms with van der Waals surface area (Å²) < 4.78 is 2.44. The number of nitrogens with zero attached hydrogens (tertiary/aromatic N) is 2. The summed E-state index contributed by atoms with van der Waals surface area (Å²) in [5.74, 6) is 0. The largest absolute Gasteiger partial charge is 0.311 e. The van der Waals surface area contributed by atoms with Gasteiger partial charge in [0, 0.05) is 38.6 Å².